The van der Waals surface area contributed by atoms with E-state index in [-0.39, 0.29) is 5.60 Å². The molecule has 0 aromatic heterocycles. The van der Waals surface area contributed by atoms with Crippen LogP contribution in [0.5, 0.6) is 0 Å². The molecular weight excluding hydrogens is 222 g/mol. The van der Waals surface area contributed by atoms with Gasteiger partial charge in [-0.3, -0.25) is 0 Å². The van der Waals surface area contributed by atoms with Crippen LogP contribution in [0, 0.1) is 5.92 Å². The lowest BCUT2D eigenvalue weighted by atomic mass is 9.84. The van der Waals surface area contributed by atoms with Crippen LogP contribution in [0.4, 0.5) is 0 Å². The van der Waals surface area contributed by atoms with E-state index in [1.807, 2.05) is 0 Å². The molecule has 2 fully saturated rings. The average molecular weight is 243 g/mol. The van der Waals surface area contributed by atoms with Gasteiger partial charge in [0, 0.05) is 19.6 Å². The monoisotopic (exact) mass is 243 g/mol. The minimum atomic E-state index is 0.0522. The van der Waals surface area contributed by atoms with E-state index in [0.717, 1.165) is 12.5 Å². The molecule has 2 nitrogen and oxygen atoms in total. The molecule has 0 N–H and O–H groups in total. The highest BCUT2D eigenvalue weighted by atomic mass is 16.5. The summed E-state index contributed by atoms with van der Waals surface area (Å²) in [4.78, 5) is 2.65. The van der Waals surface area contributed by atoms with Crippen molar-refractivity contribution in [2.24, 2.45) is 5.92 Å². The van der Waals surface area contributed by atoms with Crippen molar-refractivity contribution in [2.75, 3.05) is 19.6 Å². The van der Waals surface area contributed by atoms with Crippen molar-refractivity contribution in [2.45, 2.75) is 37.9 Å². The van der Waals surface area contributed by atoms with Crippen molar-refractivity contribution < 1.29 is 4.74 Å². The number of fused-ring (bicyclic) bond motifs is 2. The molecule has 0 unspecified atom stereocenters. The number of nitrogens with zero attached hydrogens (tertiary/aromatic N) is 1. The van der Waals surface area contributed by atoms with Crippen LogP contribution >= 0.6 is 0 Å². The van der Waals surface area contributed by atoms with Gasteiger partial charge < -0.3 is 9.64 Å². The number of benzene rings is 1. The summed E-state index contributed by atoms with van der Waals surface area (Å²) in [6, 6.07) is 8.79. The van der Waals surface area contributed by atoms with E-state index in [0.29, 0.717) is 0 Å². The van der Waals surface area contributed by atoms with Crippen LogP contribution in [0.15, 0.2) is 24.3 Å². The molecule has 1 saturated carbocycles. The van der Waals surface area contributed by atoms with Gasteiger partial charge in [-0.15, -0.1) is 0 Å². The summed E-state index contributed by atoms with van der Waals surface area (Å²) in [5.41, 5.74) is 2.93. The standard InChI is InChI=1S/C16H21NO/c1-2-4-15-14(3-1)12-18-16(15)7-9-17(10-8-16)11-13-5-6-13/h1-4,13H,5-12H2. The van der Waals surface area contributed by atoms with E-state index in [9.17, 15) is 0 Å². The molecule has 0 atom stereocenters. The second-order valence-electron chi connectivity index (χ2n) is 6.18. The summed E-state index contributed by atoms with van der Waals surface area (Å²) in [6.07, 6.45) is 5.27. The minimum absolute atomic E-state index is 0.0522. The maximum Gasteiger partial charge on any atom is 0.0963 e. The Bertz CT molecular complexity index is 444. The molecule has 1 spiro atoms. The third-order valence-electron chi connectivity index (χ3n) is 4.89. The Kier molecular flexibility index (Phi) is 2.49. The molecule has 2 heteroatoms. The van der Waals surface area contributed by atoms with Gasteiger partial charge in [-0.2, -0.15) is 0 Å². The number of ether oxygens (including phenoxy) is 1. The summed E-state index contributed by atoms with van der Waals surface area (Å²) >= 11 is 0. The van der Waals surface area contributed by atoms with E-state index in [4.69, 9.17) is 4.74 Å². The highest BCUT2D eigenvalue weighted by Gasteiger charge is 2.42. The molecule has 96 valence electrons. The van der Waals surface area contributed by atoms with Crippen LogP contribution in [0.3, 0.4) is 0 Å². The zero-order valence-electron chi connectivity index (χ0n) is 10.9. The number of piperidine rings is 1. The summed E-state index contributed by atoms with van der Waals surface area (Å²) in [5, 5.41) is 0. The highest BCUT2D eigenvalue weighted by Crippen LogP contribution is 2.44. The fourth-order valence-corrected chi connectivity index (χ4v) is 3.56. The van der Waals surface area contributed by atoms with Gasteiger partial charge in [-0.25, -0.2) is 0 Å². The highest BCUT2D eigenvalue weighted by molar-refractivity contribution is 5.35. The van der Waals surface area contributed by atoms with Crippen molar-refractivity contribution in [3.63, 3.8) is 0 Å². The fraction of sp³-hybridized carbons (Fsp3) is 0.625. The van der Waals surface area contributed by atoms with Crippen molar-refractivity contribution in [3.8, 4) is 0 Å². The molecule has 1 aromatic carbocycles. The van der Waals surface area contributed by atoms with Crippen LogP contribution in [0.1, 0.15) is 36.8 Å². The first kappa shape index (κ1) is 11.0. The third kappa shape index (κ3) is 1.79. The predicted molar refractivity (Wildman–Crippen MR) is 71.3 cm³/mol. The average Bonchev–Trinajstić information content (AvgIpc) is 3.17. The van der Waals surface area contributed by atoms with Crippen molar-refractivity contribution in [1.82, 2.24) is 4.90 Å². The molecule has 18 heavy (non-hydrogen) atoms. The maximum atomic E-state index is 6.19. The van der Waals surface area contributed by atoms with Crippen LogP contribution < -0.4 is 0 Å². The Morgan fingerprint density at radius 3 is 2.72 bits per heavy atom. The van der Waals surface area contributed by atoms with Crippen molar-refractivity contribution in [3.05, 3.63) is 35.4 Å². The van der Waals surface area contributed by atoms with Crippen molar-refractivity contribution in [1.29, 1.82) is 0 Å². The Labute approximate surface area is 109 Å². The second-order valence-corrected chi connectivity index (χ2v) is 6.18. The van der Waals surface area contributed by atoms with Gasteiger partial charge in [0.1, 0.15) is 0 Å². The molecule has 0 radical (unpaired) electrons. The first-order valence-corrected chi connectivity index (χ1v) is 7.30. The lowest BCUT2D eigenvalue weighted by Gasteiger charge is -2.39. The lowest BCUT2D eigenvalue weighted by molar-refractivity contribution is -0.0792. The van der Waals surface area contributed by atoms with Gasteiger partial charge >= 0.3 is 0 Å². The number of rotatable bonds is 2. The van der Waals surface area contributed by atoms with Gasteiger partial charge in [-0.05, 0) is 42.7 Å². The molecule has 3 aliphatic rings. The van der Waals surface area contributed by atoms with Crippen LogP contribution in [0.2, 0.25) is 0 Å². The Morgan fingerprint density at radius 2 is 1.94 bits per heavy atom. The first-order valence-electron chi connectivity index (χ1n) is 7.30. The maximum absolute atomic E-state index is 6.19. The fourth-order valence-electron chi connectivity index (χ4n) is 3.56. The summed E-state index contributed by atoms with van der Waals surface area (Å²) in [7, 11) is 0. The summed E-state index contributed by atoms with van der Waals surface area (Å²) < 4.78 is 6.19. The van der Waals surface area contributed by atoms with Gasteiger partial charge in [0.2, 0.25) is 0 Å². The van der Waals surface area contributed by atoms with Gasteiger partial charge in [0.15, 0.2) is 0 Å². The van der Waals surface area contributed by atoms with Crippen molar-refractivity contribution >= 4 is 0 Å². The molecule has 0 bridgehead atoms. The van der Waals surface area contributed by atoms with Crippen LogP contribution in [0.25, 0.3) is 0 Å². The third-order valence-corrected chi connectivity index (χ3v) is 4.89. The SMILES string of the molecule is c1ccc2c(c1)COC21CCN(CC2CC2)CC1. The smallest absolute Gasteiger partial charge is 0.0963 e. The molecule has 0 amide bonds. The van der Waals surface area contributed by atoms with Crippen LogP contribution in [-0.4, -0.2) is 24.5 Å². The van der Waals surface area contributed by atoms with Gasteiger partial charge in [0.25, 0.3) is 0 Å². The first-order chi connectivity index (χ1) is 8.86. The molecule has 4 rings (SSSR count). The second kappa shape index (κ2) is 4.07. The molecule has 2 heterocycles. The Morgan fingerprint density at radius 1 is 1.17 bits per heavy atom. The minimum Gasteiger partial charge on any atom is -0.365 e. The zero-order valence-corrected chi connectivity index (χ0v) is 10.9. The molecule has 1 aliphatic carbocycles. The Hall–Kier alpha value is -0.860. The predicted octanol–water partition coefficient (Wildman–Crippen LogP) is 2.92. The van der Waals surface area contributed by atoms with Gasteiger partial charge in [-0.1, -0.05) is 24.3 Å². The summed E-state index contributed by atoms with van der Waals surface area (Å²) in [6.45, 7) is 4.58. The van der Waals surface area contributed by atoms with Gasteiger partial charge in [0.05, 0.1) is 12.2 Å². The Balaban J connectivity index is 1.50. The quantitative estimate of drug-likeness (QED) is 0.792. The number of hydrogen-bond acceptors (Lipinski definition) is 2. The molecular formula is C16H21NO. The molecule has 1 aromatic rings. The van der Waals surface area contributed by atoms with E-state index >= 15 is 0 Å². The molecule has 2 aliphatic heterocycles. The molecule has 1 saturated heterocycles. The van der Waals surface area contributed by atoms with Crippen LogP contribution in [-0.2, 0) is 16.9 Å². The largest absolute Gasteiger partial charge is 0.365 e. The normalized spacial score (nSPS) is 26.4. The topological polar surface area (TPSA) is 12.5 Å². The summed E-state index contributed by atoms with van der Waals surface area (Å²) in [5.74, 6) is 1.01. The number of hydrogen-bond donors (Lipinski definition) is 0. The van der Waals surface area contributed by atoms with E-state index in [1.54, 1.807) is 0 Å². The number of likely N-dealkylation sites (tertiary alicyclic amines) is 1. The van der Waals surface area contributed by atoms with E-state index < -0.39 is 0 Å². The lowest BCUT2D eigenvalue weighted by Crippen LogP contribution is -2.43. The zero-order chi connectivity index (χ0) is 12.0. The van der Waals surface area contributed by atoms with E-state index in [2.05, 4.69) is 29.2 Å². The van der Waals surface area contributed by atoms with E-state index in [1.165, 1.54) is 56.4 Å².